The molecule has 0 bridgehead atoms. The standard InChI is InChI=1S/C26H27N5O3/c1-2-6-22(32)30-15-18(16-30)21-13-14-28-26-23(25(27)33)24(29-31(21)26)17-9-11-20(12-10-17)34-19-7-4-3-5-8-19/h3-5,7-12,18,21,24,28-29H,13-16H2,1H3,(H2,27,33). The molecule has 0 aliphatic carbocycles. The number of benzene rings is 2. The van der Waals surface area contributed by atoms with Gasteiger partial charge in [-0.1, -0.05) is 36.3 Å². The monoisotopic (exact) mass is 457 g/mol. The zero-order valence-corrected chi connectivity index (χ0v) is 19.0. The van der Waals surface area contributed by atoms with Gasteiger partial charge in [0, 0.05) is 25.6 Å². The van der Waals surface area contributed by atoms with Crippen LogP contribution in [0, 0.1) is 17.8 Å². The average molecular weight is 458 g/mol. The maximum absolute atomic E-state index is 12.5. The highest BCUT2D eigenvalue weighted by molar-refractivity contribution is 5.95. The van der Waals surface area contributed by atoms with E-state index in [2.05, 4.69) is 22.6 Å². The van der Waals surface area contributed by atoms with E-state index in [0.29, 0.717) is 30.3 Å². The number of nitrogens with zero attached hydrogens (tertiary/aromatic N) is 2. The molecule has 2 saturated heterocycles. The van der Waals surface area contributed by atoms with Gasteiger partial charge in [0.05, 0.1) is 17.7 Å². The Labute approximate surface area is 198 Å². The molecule has 8 nitrogen and oxygen atoms in total. The minimum absolute atomic E-state index is 0.133. The number of nitrogens with two attached hydrogens (primary N) is 1. The molecule has 34 heavy (non-hydrogen) atoms. The van der Waals surface area contributed by atoms with E-state index in [9.17, 15) is 9.59 Å². The molecule has 5 rings (SSSR count). The second-order valence-electron chi connectivity index (χ2n) is 8.67. The molecule has 0 spiro atoms. The van der Waals surface area contributed by atoms with Gasteiger partial charge < -0.3 is 20.7 Å². The van der Waals surface area contributed by atoms with Crippen LogP contribution in [0.5, 0.6) is 11.5 Å². The quantitative estimate of drug-likeness (QED) is 0.593. The van der Waals surface area contributed by atoms with Crippen molar-refractivity contribution in [2.24, 2.45) is 11.7 Å². The van der Waals surface area contributed by atoms with Crippen LogP contribution in [0.1, 0.15) is 24.9 Å². The van der Waals surface area contributed by atoms with Gasteiger partial charge in [0.15, 0.2) is 0 Å². The lowest BCUT2D eigenvalue weighted by atomic mass is 9.88. The number of hydrazine groups is 1. The maximum Gasteiger partial charge on any atom is 0.298 e. The maximum atomic E-state index is 12.5. The highest BCUT2D eigenvalue weighted by Crippen LogP contribution is 2.38. The van der Waals surface area contributed by atoms with Crippen LogP contribution < -0.4 is 21.2 Å². The number of primary amides is 1. The first-order chi connectivity index (χ1) is 16.5. The highest BCUT2D eigenvalue weighted by Gasteiger charge is 2.46. The SMILES string of the molecule is CC#CC(=O)N1CC(C2CCNC3=C(C(N)=O)C(c4ccc(Oc5ccccc5)cc4)NN32)C1. The predicted octanol–water partition coefficient (Wildman–Crippen LogP) is 1.88. The molecule has 3 heterocycles. The van der Waals surface area contributed by atoms with Crippen LogP contribution in [0.25, 0.3) is 0 Å². The second-order valence-corrected chi connectivity index (χ2v) is 8.67. The van der Waals surface area contributed by atoms with E-state index in [4.69, 9.17) is 10.5 Å². The highest BCUT2D eigenvalue weighted by atomic mass is 16.5. The van der Waals surface area contributed by atoms with Crippen LogP contribution in [0.2, 0.25) is 0 Å². The van der Waals surface area contributed by atoms with Gasteiger partial charge in [-0.15, -0.1) is 0 Å². The smallest absolute Gasteiger partial charge is 0.298 e. The second kappa shape index (κ2) is 9.12. The Bertz CT molecular complexity index is 1180. The number of nitrogens with one attached hydrogen (secondary N) is 2. The molecular formula is C26H27N5O3. The number of carbonyl (C=O) groups excluding carboxylic acids is 2. The summed E-state index contributed by atoms with van der Waals surface area (Å²) in [6.07, 6.45) is 0.894. The van der Waals surface area contributed by atoms with Crippen molar-refractivity contribution in [3.05, 3.63) is 71.6 Å². The molecule has 174 valence electrons. The number of para-hydroxylation sites is 1. The van der Waals surface area contributed by atoms with Crippen molar-refractivity contribution in [3.8, 4) is 23.3 Å². The zero-order valence-electron chi connectivity index (χ0n) is 19.0. The molecule has 3 aliphatic rings. The van der Waals surface area contributed by atoms with Crippen LogP contribution in [0.3, 0.4) is 0 Å². The summed E-state index contributed by atoms with van der Waals surface area (Å²) in [5.74, 6) is 7.17. The van der Waals surface area contributed by atoms with Crippen LogP contribution in [0.15, 0.2) is 66.0 Å². The van der Waals surface area contributed by atoms with Crippen LogP contribution >= 0.6 is 0 Å². The summed E-state index contributed by atoms with van der Waals surface area (Å²) in [4.78, 5) is 26.3. The fourth-order valence-electron chi connectivity index (χ4n) is 4.85. The Morgan fingerprint density at radius 2 is 1.76 bits per heavy atom. The van der Waals surface area contributed by atoms with Crippen LogP contribution in [-0.4, -0.2) is 47.4 Å². The molecule has 2 atom stereocenters. The van der Waals surface area contributed by atoms with Crippen molar-refractivity contribution < 1.29 is 14.3 Å². The molecule has 0 saturated carbocycles. The summed E-state index contributed by atoms with van der Waals surface area (Å²) < 4.78 is 5.89. The van der Waals surface area contributed by atoms with Crippen molar-refractivity contribution in [2.45, 2.75) is 25.4 Å². The minimum Gasteiger partial charge on any atom is -0.457 e. The van der Waals surface area contributed by atoms with E-state index in [1.165, 1.54) is 0 Å². The number of ether oxygens (including phenoxy) is 1. The molecule has 2 fully saturated rings. The molecule has 8 heteroatoms. The summed E-state index contributed by atoms with van der Waals surface area (Å²) in [6, 6.07) is 17.0. The number of likely N-dealkylation sites (tertiary alicyclic amines) is 1. The molecule has 2 aromatic rings. The van der Waals surface area contributed by atoms with Crippen molar-refractivity contribution in [2.75, 3.05) is 19.6 Å². The largest absolute Gasteiger partial charge is 0.457 e. The van der Waals surface area contributed by atoms with E-state index in [1.807, 2.05) is 59.6 Å². The van der Waals surface area contributed by atoms with Crippen molar-refractivity contribution in [1.82, 2.24) is 20.7 Å². The minimum atomic E-state index is -0.462. The first-order valence-electron chi connectivity index (χ1n) is 11.4. The Balaban J connectivity index is 1.33. The average Bonchev–Trinajstić information content (AvgIpc) is 3.20. The Morgan fingerprint density at radius 1 is 1.06 bits per heavy atom. The van der Waals surface area contributed by atoms with Crippen LogP contribution in [0.4, 0.5) is 0 Å². The van der Waals surface area contributed by atoms with Crippen molar-refractivity contribution in [1.29, 1.82) is 0 Å². The Morgan fingerprint density at radius 3 is 2.44 bits per heavy atom. The van der Waals surface area contributed by atoms with E-state index in [-0.39, 0.29) is 18.0 Å². The van der Waals surface area contributed by atoms with Crippen LogP contribution in [-0.2, 0) is 9.59 Å². The number of hydrogen-bond donors (Lipinski definition) is 3. The number of hydrogen-bond acceptors (Lipinski definition) is 6. The fraction of sp³-hybridized carbons (Fsp3) is 0.308. The first-order valence-corrected chi connectivity index (χ1v) is 11.4. The fourth-order valence-corrected chi connectivity index (χ4v) is 4.85. The molecule has 0 radical (unpaired) electrons. The summed E-state index contributed by atoms with van der Waals surface area (Å²) in [5, 5.41) is 5.40. The van der Waals surface area contributed by atoms with E-state index in [1.54, 1.807) is 11.8 Å². The molecule has 0 aromatic heterocycles. The molecular weight excluding hydrogens is 430 g/mol. The summed E-state index contributed by atoms with van der Waals surface area (Å²) >= 11 is 0. The van der Waals surface area contributed by atoms with Gasteiger partial charge in [-0.25, -0.2) is 5.43 Å². The molecule has 3 aliphatic heterocycles. The number of rotatable bonds is 5. The molecule has 2 unspecified atom stereocenters. The van der Waals surface area contributed by atoms with Gasteiger partial charge in [0.1, 0.15) is 17.3 Å². The zero-order chi connectivity index (χ0) is 23.7. The number of carbonyl (C=O) groups is 2. The third-order valence-corrected chi connectivity index (χ3v) is 6.55. The van der Waals surface area contributed by atoms with Gasteiger partial charge in [0.2, 0.25) is 5.91 Å². The van der Waals surface area contributed by atoms with E-state index in [0.717, 1.165) is 30.1 Å². The third-order valence-electron chi connectivity index (χ3n) is 6.55. The van der Waals surface area contributed by atoms with Gasteiger partial charge in [-0.3, -0.25) is 14.6 Å². The first kappa shape index (κ1) is 21.9. The van der Waals surface area contributed by atoms with Gasteiger partial charge >= 0.3 is 0 Å². The lowest BCUT2D eigenvalue weighted by Crippen LogP contribution is -2.62. The summed E-state index contributed by atoms with van der Waals surface area (Å²) in [5.41, 5.74) is 10.8. The molecule has 2 aromatic carbocycles. The summed E-state index contributed by atoms with van der Waals surface area (Å²) in [7, 11) is 0. The number of amides is 2. The van der Waals surface area contributed by atoms with Gasteiger partial charge in [-0.2, -0.15) is 0 Å². The van der Waals surface area contributed by atoms with E-state index >= 15 is 0 Å². The van der Waals surface area contributed by atoms with Gasteiger partial charge in [-0.05, 0) is 49.1 Å². The lowest BCUT2D eigenvalue weighted by Gasteiger charge is -2.48. The Kier molecular flexibility index (Phi) is 5.86. The number of fused-ring (bicyclic) bond motifs is 1. The summed E-state index contributed by atoms with van der Waals surface area (Å²) in [6.45, 7) is 3.72. The van der Waals surface area contributed by atoms with Crippen molar-refractivity contribution >= 4 is 11.8 Å². The van der Waals surface area contributed by atoms with Crippen molar-refractivity contribution in [3.63, 3.8) is 0 Å². The third kappa shape index (κ3) is 4.06. The lowest BCUT2D eigenvalue weighted by molar-refractivity contribution is -0.133. The predicted molar refractivity (Wildman–Crippen MR) is 127 cm³/mol. The van der Waals surface area contributed by atoms with Gasteiger partial charge in [0.25, 0.3) is 5.91 Å². The Hall–Kier alpha value is -3.96. The molecule has 4 N–H and O–H groups in total. The van der Waals surface area contributed by atoms with E-state index < -0.39 is 5.91 Å². The molecule has 2 amide bonds. The normalized spacial score (nSPS) is 21.7. The topological polar surface area (TPSA) is 99.9 Å².